The third-order valence-corrected chi connectivity index (χ3v) is 3.26. The highest BCUT2D eigenvalue weighted by molar-refractivity contribution is 5.35. The van der Waals surface area contributed by atoms with Crippen LogP contribution in [0.5, 0.6) is 0 Å². The molecular formula is C14H22N4O2. The predicted octanol–water partition coefficient (Wildman–Crippen LogP) is 0.162. The Hall–Kier alpha value is -1.50. The summed E-state index contributed by atoms with van der Waals surface area (Å²) in [4.78, 5) is 12.8. The van der Waals surface area contributed by atoms with E-state index in [1.165, 1.54) is 0 Å². The van der Waals surface area contributed by atoms with Gasteiger partial charge in [0.1, 0.15) is 5.82 Å². The largest absolute Gasteiger partial charge is 0.389 e. The molecule has 1 aliphatic heterocycles. The van der Waals surface area contributed by atoms with E-state index < -0.39 is 6.10 Å². The maximum absolute atomic E-state index is 9.87. The van der Waals surface area contributed by atoms with Crippen LogP contribution < -0.4 is 4.90 Å². The number of hydrogen-bond donors (Lipinski definition) is 1. The number of β-amino-alcohol motifs (C(OH)–C–C–N with tert-alkyl or cyclic N) is 1. The van der Waals surface area contributed by atoms with E-state index in [1.807, 2.05) is 0 Å². The van der Waals surface area contributed by atoms with E-state index in [9.17, 15) is 5.11 Å². The van der Waals surface area contributed by atoms with Crippen molar-refractivity contribution in [2.75, 3.05) is 50.8 Å². The summed E-state index contributed by atoms with van der Waals surface area (Å²) in [5.74, 6) is 0.919. The lowest BCUT2D eigenvalue weighted by Crippen LogP contribution is -2.49. The quantitative estimate of drug-likeness (QED) is 0.566. The minimum Gasteiger partial charge on any atom is -0.389 e. The number of aromatic nitrogens is 2. The molecule has 1 fully saturated rings. The Labute approximate surface area is 119 Å². The van der Waals surface area contributed by atoms with Gasteiger partial charge in [0.25, 0.3) is 0 Å². The van der Waals surface area contributed by atoms with Crippen LogP contribution in [0.3, 0.4) is 0 Å². The standard InChI is InChI=1S/C14H22N4O2/c1-2-9-20-12-13(19)11-17-5-7-18(8-6-17)14-10-15-3-4-16-14/h2-4,10,13,19H,1,5-9,11-12H2. The minimum atomic E-state index is -0.446. The average Bonchev–Trinajstić information content (AvgIpc) is 2.49. The molecule has 1 atom stereocenters. The Bertz CT molecular complexity index is 393. The molecule has 1 aromatic heterocycles. The molecule has 0 bridgehead atoms. The Morgan fingerprint density at radius 1 is 1.35 bits per heavy atom. The maximum Gasteiger partial charge on any atom is 0.147 e. The second-order valence-electron chi connectivity index (χ2n) is 4.83. The molecule has 1 N–H and O–H groups in total. The van der Waals surface area contributed by atoms with Gasteiger partial charge in [-0.05, 0) is 0 Å². The molecule has 0 aliphatic carbocycles. The SMILES string of the molecule is C=CCOCC(O)CN1CCN(c2cnccn2)CC1. The van der Waals surface area contributed by atoms with E-state index in [1.54, 1.807) is 24.7 Å². The third kappa shape index (κ3) is 4.56. The van der Waals surface area contributed by atoms with Crippen LogP contribution in [0, 0.1) is 0 Å². The van der Waals surface area contributed by atoms with Gasteiger partial charge in [-0.2, -0.15) is 0 Å². The van der Waals surface area contributed by atoms with Crippen LogP contribution in [-0.2, 0) is 4.74 Å². The first-order valence-electron chi connectivity index (χ1n) is 6.89. The smallest absolute Gasteiger partial charge is 0.147 e. The zero-order valence-corrected chi connectivity index (χ0v) is 11.7. The van der Waals surface area contributed by atoms with Crippen molar-refractivity contribution in [3.8, 4) is 0 Å². The average molecular weight is 278 g/mol. The molecule has 2 rings (SSSR count). The molecule has 0 spiro atoms. The minimum absolute atomic E-state index is 0.358. The van der Waals surface area contributed by atoms with Crippen LogP contribution in [-0.4, -0.2) is 72.0 Å². The molecule has 20 heavy (non-hydrogen) atoms. The molecule has 1 aliphatic rings. The van der Waals surface area contributed by atoms with E-state index in [2.05, 4.69) is 26.3 Å². The zero-order chi connectivity index (χ0) is 14.2. The van der Waals surface area contributed by atoms with Crippen molar-refractivity contribution in [1.82, 2.24) is 14.9 Å². The maximum atomic E-state index is 9.87. The van der Waals surface area contributed by atoms with Crippen LogP contribution in [0.2, 0.25) is 0 Å². The van der Waals surface area contributed by atoms with Gasteiger partial charge >= 0.3 is 0 Å². The van der Waals surface area contributed by atoms with Gasteiger partial charge < -0.3 is 14.7 Å². The molecule has 0 amide bonds. The van der Waals surface area contributed by atoms with Crippen LogP contribution in [0.15, 0.2) is 31.2 Å². The molecule has 2 heterocycles. The van der Waals surface area contributed by atoms with E-state index in [0.717, 1.165) is 32.0 Å². The molecule has 110 valence electrons. The molecule has 6 heteroatoms. The van der Waals surface area contributed by atoms with Crippen molar-refractivity contribution >= 4 is 5.82 Å². The first kappa shape index (κ1) is 14.9. The van der Waals surface area contributed by atoms with Gasteiger partial charge in [-0.3, -0.25) is 9.88 Å². The summed E-state index contributed by atoms with van der Waals surface area (Å²) in [5.41, 5.74) is 0. The van der Waals surface area contributed by atoms with Gasteiger partial charge in [-0.25, -0.2) is 4.98 Å². The monoisotopic (exact) mass is 278 g/mol. The van der Waals surface area contributed by atoms with Crippen molar-refractivity contribution in [2.45, 2.75) is 6.10 Å². The fraction of sp³-hybridized carbons (Fsp3) is 0.571. The van der Waals surface area contributed by atoms with Crippen molar-refractivity contribution in [2.24, 2.45) is 0 Å². The molecule has 0 saturated carbocycles. The lowest BCUT2D eigenvalue weighted by molar-refractivity contribution is 0.0252. The fourth-order valence-corrected chi connectivity index (χ4v) is 2.25. The van der Waals surface area contributed by atoms with Gasteiger partial charge in [0.05, 0.1) is 25.5 Å². The number of aliphatic hydroxyl groups is 1. The summed E-state index contributed by atoms with van der Waals surface area (Å²) in [6, 6.07) is 0. The van der Waals surface area contributed by atoms with Crippen molar-refractivity contribution in [3.05, 3.63) is 31.2 Å². The third-order valence-electron chi connectivity index (χ3n) is 3.26. The van der Waals surface area contributed by atoms with Crippen LogP contribution >= 0.6 is 0 Å². The highest BCUT2D eigenvalue weighted by Gasteiger charge is 2.20. The van der Waals surface area contributed by atoms with E-state index in [4.69, 9.17) is 4.74 Å². The van der Waals surface area contributed by atoms with E-state index in [-0.39, 0.29) is 0 Å². The summed E-state index contributed by atoms with van der Waals surface area (Å²) in [6.07, 6.45) is 6.42. The number of nitrogens with zero attached hydrogens (tertiary/aromatic N) is 4. The number of anilines is 1. The number of ether oxygens (including phenoxy) is 1. The topological polar surface area (TPSA) is 61.7 Å². The number of aliphatic hydroxyl groups excluding tert-OH is 1. The summed E-state index contributed by atoms with van der Waals surface area (Å²) in [7, 11) is 0. The Balaban J connectivity index is 1.70. The molecule has 1 unspecified atom stereocenters. The highest BCUT2D eigenvalue weighted by atomic mass is 16.5. The Morgan fingerprint density at radius 2 is 2.15 bits per heavy atom. The second-order valence-corrected chi connectivity index (χ2v) is 4.83. The Kier molecular flexibility index (Phi) is 5.91. The molecule has 0 aromatic carbocycles. The first-order valence-corrected chi connectivity index (χ1v) is 6.89. The zero-order valence-electron chi connectivity index (χ0n) is 11.7. The summed E-state index contributed by atoms with van der Waals surface area (Å²) in [5, 5.41) is 9.87. The normalized spacial score (nSPS) is 17.9. The fourth-order valence-electron chi connectivity index (χ4n) is 2.25. The molecule has 1 aromatic rings. The summed E-state index contributed by atoms with van der Waals surface area (Å²) in [6.45, 7) is 8.69. The lowest BCUT2D eigenvalue weighted by atomic mass is 10.2. The first-order chi connectivity index (χ1) is 9.79. The summed E-state index contributed by atoms with van der Waals surface area (Å²) >= 11 is 0. The molecular weight excluding hydrogens is 256 g/mol. The number of rotatable bonds is 7. The van der Waals surface area contributed by atoms with Crippen LogP contribution in [0.1, 0.15) is 0 Å². The number of hydrogen-bond acceptors (Lipinski definition) is 6. The van der Waals surface area contributed by atoms with Gasteiger partial charge in [-0.15, -0.1) is 6.58 Å². The van der Waals surface area contributed by atoms with Crippen molar-refractivity contribution < 1.29 is 9.84 Å². The summed E-state index contributed by atoms with van der Waals surface area (Å²) < 4.78 is 5.25. The van der Waals surface area contributed by atoms with Gasteiger partial charge in [-0.1, -0.05) is 6.08 Å². The predicted molar refractivity (Wildman–Crippen MR) is 77.7 cm³/mol. The van der Waals surface area contributed by atoms with Gasteiger partial charge in [0.2, 0.25) is 0 Å². The van der Waals surface area contributed by atoms with E-state index in [0.29, 0.717) is 19.8 Å². The van der Waals surface area contributed by atoms with Crippen LogP contribution in [0.4, 0.5) is 5.82 Å². The second kappa shape index (κ2) is 7.94. The molecule has 6 nitrogen and oxygen atoms in total. The lowest BCUT2D eigenvalue weighted by Gasteiger charge is -2.35. The highest BCUT2D eigenvalue weighted by Crippen LogP contribution is 2.11. The van der Waals surface area contributed by atoms with Crippen molar-refractivity contribution in [1.29, 1.82) is 0 Å². The molecule has 0 radical (unpaired) electrons. The Morgan fingerprint density at radius 3 is 2.80 bits per heavy atom. The van der Waals surface area contributed by atoms with E-state index >= 15 is 0 Å². The number of piperazine rings is 1. The van der Waals surface area contributed by atoms with Gasteiger partial charge in [0.15, 0.2) is 0 Å². The van der Waals surface area contributed by atoms with Crippen molar-refractivity contribution in [3.63, 3.8) is 0 Å². The van der Waals surface area contributed by atoms with Crippen LogP contribution in [0.25, 0.3) is 0 Å². The van der Waals surface area contributed by atoms with Gasteiger partial charge in [0, 0.05) is 45.1 Å². The molecule has 1 saturated heterocycles.